The number of ether oxygens (including phenoxy) is 3. The molecule has 0 aromatic carbocycles. The van der Waals surface area contributed by atoms with Gasteiger partial charge in [-0.15, -0.1) is 0 Å². The zero-order valence-electron chi connectivity index (χ0n) is 13.1. The van der Waals surface area contributed by atoms with Gasteiger partial charge in [0.2, 0.25) is 0 Å². The van der Waals surface area contributed by atoms with E-state index >= 15 is 0 Å². The van der Waals surface area contributed by atoms with Crippen molar-refractivity contribution >= 4 is 11.9 Å². The van der Waals surface area contributed by atoms with Crippen LogP contribution in [0.15, 0.2) is 35.6 Å². The Hall–Kier alpha value is -2.04. The van der Waals surface area contributed by atoms with E-state index in [2.05, 4.69) is 0 Å². The van der Waals surface area contributed by atoms with E-state index in [0.29, 0.717) is 12.2 Å². The maximum atomic E-state index is 12.2. The molecular weight excluding hydrogens is 272 g/mol. The van der Waals surface area contributed by atoms with Crippen molar-refractivity contribution in [2.24, 2.45) is 11.3 Å². The van der Waals surface area contributed by atoms with Crippen molar-refractivity contribution in [1.82, 2.24) is 0 Å². The molecular formula is C16H22O5. The van der Waals surface area contributed by atoms with E-state index in [0.717, 1.165) is 5.57 Å². The minimum Gasteiger partial charge on any atom is -0.497 e. The second-order valence-corrected chi connectivity index (χ2v) is 4.84. The minimum absolute atomic E-state index is 0.456. The normalized spacial score (nSPS) is 21.8. The summed E-state index contributed by atoms with van der Waals surface area (Å²) < 4.78 is 14.8. The number of hydrogen-bond donors (Lipinski definition) is 0. The molecule has 5 nitrogen and oxygen atoms in total. The zero-order chi connectivity index (χ0) is 16.0. The molecule has 21 heavy (non-hydrogen) atoms. The summed E-state index contributed by atoms with van der Waals surface area (Å²) in [7, 11) is 4.10. The average Bonchev–Trinajstić information content (AvgIpc) is 2.54. The molecule has 1 atom stereocenters. The fraction of sp³-hybridized carbons (Fsp3) is 0.500. The van der Waals surface area contributed by atoms with E-state index in [1.807, 2.05) is 32.1 Å². The molecule has 0 aliphatic heterocycles. The first kappa shape index (κ1) is 17.0. The maximum Gasteiger partial charge on any atom is 0.321 e. The van der Waals surface area contributed by atoms with Crippen molar-refractivity contribution in [3.8, 4) is 0 Å². The molecule has 0 aromatic rings. The van der Waals surface area contributed by atoms with E-state index < -0.39 is 23.3 Å². The second-order valence-electron chi connectivity index (χ2n) is 4.84. The smallest absolute Gasteiger partial charge is 0.321 e. The van der Waals surface area contributed by atoms with Crippen molar-refractivity contribution < 1.29 is 23.8 Å². The van der Waals surface area contributed by atoms with Gasteiger partial charge >= 0.3 is 11.9 Å². The monoisotopic (exact) mass is 294 g/mol. The molecule has 1 aliphatic carbocycles. The van der Waals surface area contributed by atoms with Gasteiger partial charge in [-0.25, -0.2) is 0 Å². The van der Waals surface area contributed by atoms with Crippen LogP contribution in [0.2, 0.25) is 0 Å². The Balaban J connectivity index is 3.37. The van der Waals surface area contributed by atoms with E-state index in [4.69, 9.17) is 14.2 Å². The molecule has 0 spiro atoms. The average molecular weight is 294 g/mol. The summed E-state index contributed by atoms with van der Waals surface area (Å²) in [6, 6.07) is 0. The molecule has 116 valence electrons. The van der Waals surface area contributed by atoms with Crippen LogP contribution in [-0.2, 0) is 23.8 Å². The van der Waals surface area contributed by atoms with Gasteiger partial charge in [-0.3, -0.25) is 9.59 Å². The highest BCUT2D eigenvalue weighted by Crippen LogP contribution is 2.45. The first-order valence-corrected chi connectivity index (χ1v) is 6.69. The summed E-state index contributed by atoms with van der Waals surface area (Å²) in [5.74, 6) is -1.57. The number of rotatable bonds is 5. The summed E-state index contributed by atoms with van der Waals surface area (Å²) >= 11 is 0. The van der Waals surface area contributed by atoms with E-state index in [9.17, 15) is 9.59 Å². The van der Waals surface area contributed by atoms with Crippen LogP contribution in [0.3, 0.4) is 0 Å². The topological polar surface area (TPSA) is 61.8 Å². The summed E-state index contributed by atoms with van der Waals surface area (Å²) in [6.07, 6.45) is 7.77. The number of allylic oxidation sites excluding steroid dienone is 5. The van der Waals surface area contributed by atoms with Crippen molar-refractivity contribution in [1.29, 1.82) is 0 Å². The van der Waals surface area contributed by atoms with Crippen LogP contribution in [0.4, 0.5) is 0 Å². The van der Waals surface area contributed by atoms with Crippen molar-refractivity contribution in [3.05, 3.63) is 35.6 Å². The standard InChI is InChI=1S/C16H22O5/c1-6-11(2)16(9-7-12(19-3)8-10-16)13(14(17)20-4)15(18)21-5/h6-9,13H,10H2,1-5H3/b11-6+. The van der Waals surface area contributed by atoms with Gasteiger partial charge in [0.25, 0.3) is 0 Å². The Morgan fingerprint density at radius 3 is 2.14 bits per heavy atom. The fourth-order valence-electron chi connectivity index (χ4n) is 2.54. The fourth-order valence-corrected chi connectivity index (χ4v) is 2.54. The van der Waals surface area contributed by atoms with E-state index in [1.165, 1.54) is 14.2 Å². The van der Waals surface area contributed by atoms with E-state index in [1.54, 1.807) is 13.2 Å². The SMILES string of the molecule is C/C=C(\C)C1(C(C(=O)OC)C(=O)OC)C=CC(OC)=CC1. The molecule has 0 fully saturated rings. The first-order valence-electron chi connectivity index (χ1n) is 6.69. The van der Waals surface area contributed by atoms with Gasteiger partial charge in [0.05, 0.1) is 21.3 Å². The highest BCUT2D eigenvalue weighted by atomic mass is 16.5. The van der Waals surface area contributed by atoms with Crippen LogP contribution in [0.1, 0.15) is 20.3 Å². The highest BCUT2D eigenvalue weighted by Gasteiger charge is 2.48. The largest absolute Gasteiger partial charge is 0.497 e. The molecule has 0 amide bonds. The van der Waals surface area contributed by atoms with Crippen molar-refractivity contribution in [2.75, 3.05) is 21.3 Å². The van der Waals surface area contributed by atoms with Crippen LogP contribution < -0.4 is 0 Å². The second kappa shape index (κ2) is 7.11. The Morgan fingerprint density at radius 2 is 1.81 bits per heavy atom. The first-order chi connectivity index (χ1) is 9.96. The van der Waals surface area contributed by atoms with Crippen LogP contribution in [-0.4, -0.2) is 33.3 Å². The molecule has 1 rings (SSSR count). The minimum atomic E-state index is -1.05. The molecule has 5 heteroatoms. The summed E-state index contributed by atoms with van der Waals surface area (Å²) in [4.78, 5) is 24.3. The zero-order valence-corrected chi connectivity index (χ0v) is 13.1. The molecule has 1 aliphatic rings. The molecule has 0 bridgehead atoms. The third-order valence-electron chi connectivity index (χ3n) is 3.98. The summed E-state index contributed by atoms with van der Waals surface area (Å²) in [5.41, 5.74) is 0.0997. The Labute approximate surface area is 125 Å². The number of carbonyl (C=O) groups excluding carboxylic acids is 2. The van der Waals surface area contributed by atoms with Crippen molar-refractivity contribution in [2.45, 2.75) is 20.3 Å². The molecule has 0 heterocycles. The lowest BCUT2D eigenvalue weighted by Gasteiger charge is -2.37. The summed E-state index contributed by atoms with van der Waals surface area (Å²) in [6.45, 7) is 3.75. The molecule has 0 saturated heterocycles. The lowest BCUT2D eigenvalue weighted by Crippen LogP contribution is -2.42. The van der Waals surface area contributed by atoms with Gasteiger partial charge in [0, 0.05) is 5.41 Å². The van der Waals surface area contributed by atoms with Gasteiger partial charge in [-0.2, -0.15) is 0 Å². The van der Waals surface area contributed by atoms with Gasteiger partial charge in [-0.05, 0) is 32.4 Å². The lowest BCUT2D eigenvalue weighted by atomic mass is 9.66. The maximum absolute atomic E-state index is 12.2. The number of methoxy groups -OCH3 is 3. The van der Waals surface area contributed by atoms with Crippen molar-refractivity contribution in [3.63, 3.8) is 0 Å². The van der Waals surface area contributed by atoms with Gasteiger partial charge < -0.3 is 14.2 Å². The third kappa shape index (κ3) is 3.17. The van der Waals surface area contributed by atoms with E-state index in [-0.39, 0.29) is 0 Å². The molecule has 0 N–H and O–H groups in total. The Bertz CT molecular complexity index is 485. The van der Waals surface area contributed by atoms with Crippen LogP contribution in [0.5, 0.6) is 0 Å². The number of carbonyl (C=O) groups is 2. The third-order valence-corrected chi connectivity index (χ3v) is 3.98. The van der Waals surface area contributed by atoms with Gasteiger partial charge in [0.15, 0.2) is 5.92 Å². The van der Waals surface area contributed by atoms with Crippen LogP contribution in [0.25, 0.3) is 0 Å². The Morgan fingerprint density at radius 1 is 1.24 bits per heavy atom. The Kier molecular flexibility index (Phi) is 5.76. The number of hydrogen-bond acceptors (Lipinski definition) is 5. The quantitative estimate of drug-likeness (QED) is 0.442. The molecule has 0 saturated carbocycles. The molecule has 0 radical (unpaired) electrons. The molecule has 0 aromatic heterocycles. The lowest BCUT2D eigenvalue weighted by molar-refractivity contribution is -0.163. The summed E-state index contributed by atoms with van der Waals surface area (Å²) in [5, 5.41) is 0. The predicted molar refractivity (Wildman–Crippen MR) is 78.2 cm³/mol. The predicted octanol–water partition coefficient (Wildman–Crippen LogP) is 2.39. The highest BCUT2D eigenvalue weighted by molar-refractivity contribution is 5.97. The van der Waals surface area contributed by atoms with Crippen LogP contribution >= 0.6 is 0 Å². The molecule has 1 unspecified atom stereocenters. The van der Waals surface area contributed by atoms with Gasteiger partial charge in [0.1, 0.15) is 5.76 Å². The number of esters is 2. The van der Waals surface area contributed by atoms with Gasteiger partial charge in [-0.1, -0.05) is 17.7 Å². The van der Waals surface area contributed by atoms with Crippen LogP contribution in [0, 0.1) is 11.3 Å².